The van der Waals surface area contributed by atoms with E-state index in [1.807, 2.05) is 0 Å². The van der Waals surface area contributed by atoms with E-state index in [1.165, 1.54) is 18.2 Å². The van der Waals surface area contributed by atoms with Crippen molar-refractivity contribution in [1.82, 2.24) is 5.32 Å². The van der Waals surface area contributed by atoms with Gasteiger partial charge in [-0.25, -0.2) is 0 Å². The van der Waals surface area contributed by atoms with E-state index in [4.69, 9.17) is 4.74 Å². The van der Waals surface area contributed by atoms with Crippen LogP contribution < -0.4 is 5.32 Å². The topological polar surface area (TPSA) is 38.3 Å². The second kappa shape index (κ2) is 5.32. The van der Waals surface area contributed by atoms with Gasteiger partial charge in [-0.1, -0.05) is 29.8 Å². The number of benzene rings is 1. The number of carbonyl (C=O) groups excluding carboxylic acids is 1. The number of piperidine rings is 1. The normalized spacial score (nSPS) is 24.4. The maximum Gasteiger partial charge on any atom is 0.310 e. The molecule has 1 heterocycles. The third-order valence-electron chi connectivity index (χ3n) is 3.49. The summed E-state index contributed by atoms with van der Waals surface area (Å²) >= 11 is 0. The second-order valence-electron chi connectivity index (χ2n) is 4.64. The Morgan fingerprint density at radius 1 is 1.35 bits per heavy atom. The number of methoxy groups -OCH3 is 1. The molecule has 3 nitrogen and oxygen atoms in total. The lowest BCUT2D eigenvalue weighted by Gasteiger charge is -2.30. The number of rotatable bonds is 2. The number of esters is 1. The monoisotopic (exact) mass is 233 g/mol. The molecule has 92 valence electrons. The first kappa shape index (κ1) is 12.1. The van der Waals surface area contributed by atoms with Crippen molar-refractivity contribution in [1.29, 1.82) is 0 Å². The molecule has 0 radical (unpaired) electrons. The van der Waals surface area contributed by atoms with Crippen LogP contribution in [-0.4, -0.2) is 26.2 Å². The summed E-state index contributed by atoms with van der Waals surface area (Å²) < 4.78 is 4.89. The molecule has 3 heteroatoms. The van der Waals surface area contributed by atoms with Gasteiger partial charge >= 0.3 is 5.97 Å². The second-order valence-corrected chi connectivity index (χ2v) is 4.64. The molecule has 1 aliphatic heterocycles. The highest BCUT2D eigenvalue weighted by Crippen LogP contribution is 2.31. The van der Waals surface area contributed by atoms with Gasteiger partial charge in [0.15, 0.2) is 0 Å². The summed E-state index contributed by atoms with van der Waals surface area (Å²) in [7, 11) is 1.46. The Hall–Kier alpha value is -1.35. The van der Waals surface area contributed by atoms with E-state index >= 15 is 0 Å². The quantitative estimate of drug-likeness (QED) is 0.792. The lowest BCUT2D eigenvalue weighted by molar-refractivity contribution is -0.146. The summed E-state index contributed by atoms with van der Waals surface area (Å²) in [5.41, 5.74) is 2.49. The first-order chi connectivity index (χ1) is 8.22. The van der Waals surface area contributed by atoms with E-state index in [0.717, 1.165) is 13.0 Å². The van der Waals surface area contributed by atoms with E-state index in [0.29, 0.717) is 6.54 Å². The van der Waals surface area contributed by atoms with Crippen molar-refractivity contribution < 1.29 is 9.53 Å². The van der Waals surface area contributed by atoms with Crippen molar-refractivity contribution in [2.45, 2.75) is 19.3 Å². The van der Waals surface area contributed by atoms with Gasteiger partial charge in [-0.2, -0.15) is 0 Å². The molecule has 17 heavy (non-hydrogen) atoms. The first-order valence-electron chi connectivity index (χ1n) is 6.07. The van der Waals surface area contributed by atoms with E-state index in [1.54, 1.807) is 0 Å². The molecular formula is C14H19NO2. The Kier molecular flexibility index (Phi) is 3.79. The molecule has 1 aromatic carbocycles. The van der Waals surface area contributed by atoms with Gasteiger partial charge in [0.05, 0.1) is 13.0 Å². The zero-order chi connectivity index (χ0) is 12.3. The van der Waals surface area contributed by atoms with Crippen LogP contribution >= 0.6 is 0 Å². The smallest absolute Gasteiger partial charge is 0.310 e. The van der Waals surface area contributed by atoms with Crippen LogP contribution in [0.4, 0.5) is 0 Å². The number of carbonyl (C=O) groups is 1. The summed E-state index contributed by atoms with van der Waals surface area (Å²) in [5.74, 6) is 0.114. The fraction of sp³-hybridized carbons (Fsp3) is 0.500. The van der Waals surface area contributed by atoms with Gasteiger partial charge in [-0.15, -0.1) is 0 Å². The minimum Gasteiger partial charge on any atom is -0.469 e. The summed E-state index contributed by atoms with van der Waals surface area (Å²) in [5, 5.41) is 3.26. The van der Waals surface area contributed by atoms with Gasteiger partial charge in [0.1, 0.15) is 0 Å². The molecule has 0 aromatic heterocycles. The van der Waals surface area contributed by atoms with Crippen molar-refractivity contribution in [2.24, 2.45) is 5.92 Å². The number of ether oxygens (including phenoxy) is 1. The van der Waals surface area contributed by atoms with Crippen molar-refractivity contribution >= 4 is 5.97 Å². The molecule has 1 saturated heterocycles. The summed E-state index contributed by atoms with van der Waals surface area (Å²) in [4.78, 5) is 11.8. The minimum atomic E-state index is -0.109. The van der Waals surface area contributed by atoms with E-state index in [2.05, 4.69) is 36.5 Å². The van der Waals surface area contributed by atoms with Crippen molar-refractivity contribution in [2.75, 3.05) is 20.2 Å². The molecule has 0 unspecified atom stereocenters. The molecule has 1 N–H and O–H groups in total. The fourth-order valence-electron chi connectivity index (χ4n) is 2.47. The zero-order valence-electron chi connectivity index (χ0n) is 10.4. The number of hydrogen-bond acceptors (Lipinski definition) is 3. The summed E-state index contributed by atoms with van der Waals surface area (Å²) in [6, 6.07) is 8.46. The Morgan fingerprint density at radius 3 is 2.71 bits per heavy atom. The molecule has 2 atom stereocenters. The molecule has 0 bridgehead atoms. The standard InChI is InChI=1S/C14H19NO2/c1-10-3-5-11(6-4-10)12-7-8-15-9-13(12)14(16)17-2/h3-6,12-13,15H,7-9H2,1-2H3/t12-,13+/m0/s1. The third-order valence-corrected chi connectivity index (χ3v) is 3.49. The van der Waals surface area contributed by atoms with Crippen LogP contribution in [0.5, 0.6) is 0 Å². The zero-order valence-corrected chi connectivity index (χ0v) is 10.4. The van der Waals surface area contributed by atoms with Crippen LogP contribution in [-0.2, 0) is 9.53 Å². The maximum atomic E-state index is 11.8. The molecule has 1 fully saturated rings. The van der Waals surface area contributed by atoms with Gasteiger partial charge in [-0.05, 0) is 31.4 Å². The molecule has 0 saturated carbocycles. The average molecular weight is 233 g/mol. The highest BCUT2D eigenvalue weighted by molar-refractivity contribution is 5.74. The molecular weight excluding hydrogens is 214 g/mol. The maximum absolute atomic E-state index is 11.8. The molecule has 2 rings (SSSR count). The van der Waals surface area contributed by atoms with Crippen LogP contribution in [0.2, 0.25) is 0 Å². The molecule has 0 amide bonds. The van der Waals surface area contributed by atoms with Gasteiger partial charge in [0, 0.05) is 6.54 Å². The van der Waals surface area contributed by atoms with Crippen LogP contribution in [0, 0.1) is 12.8 Å². The minimum absolute atomic E-state index is 0.0588. The molecule has 0 spiro atoms. The van der Waals surface area contributed by atoms with Crippen LogP contribution in [0.25, 0.3) is 0 Å². The van der Waals surface area contributed by atoms with Gasteiger partial charge in [-0.3, -0.25) is 4.79 Å². The highest BCUT2D eigenvalue weighted by atomic mass is 16.5. The average Bonchev–Trinajstić information content (AvgIpc) is 2.39. The Balaban J connectivity index is 2.21. The molecule has 1 aliphatic rings. The third kappa shape index (κ3) is 2.67. The Morgan fingerprint density at radius 2 is 2.06 bits per heavy atom. The molecule has 0 aliphatic carbocycles. The SMILES string of the molecule is COC(=O)[C@@H]1CNCC[C@H]1c1ccc(C)cc1. The van der Waals surface area contributed by atoms with Crippen molar-refractivity contribution in [3.8, 4) is 0 Å². The van der Waals surface area contributed by atoms with E-state index < -0.39 is 0 Å². The number of aryl methyl sites for hydroxylation is 1. The highest BCUT2D eigenvalue weighted by Gasteiger charge is 2.32. The van der Waals surface area contributed by atoms with E-state index in [-0.39, 0.29) is 17.8 Å². The lowest BCUT2D eigenvalue weighted by atomic mass is 9.81. The Bertz CT molecular complexity index is 386. The van der Waals surface area contributed by atoms with Gasteiger partial charge in [0.2, 0.25) is 0 Å². The molecule has 1 aromatic rings. The van der Waals surface area contributed by atoms with Crippen LogP contribution in [0.15, 0.2) is 24.3 Å². The summed E-state index contributed by atoms with van der Waals surface area (Å²) in [6.07, 6.45) is 0.989. The van der Waals surface area contributed by atoms with Crippen LogP contribution in [0.3, 0.4) is 0 Å². The van der Waals surface area contributed by atoms with Gasteiger partial charge in [0.25, 0.3) is 0 Å². The largest absolute Gasteiger partial charge is 0.469 e. The lowest BCUT2D eigenvalue weighted by Crippen LogP contribution is -2.40. The Labute approximate surface area is 102 Å². The number of hydrogen-bond donors (Lipinski definition) is 1. The fourth-order valence-corrected chi connectivity index (χ4v) is 2.47. The van der Waals surface area contributed by atoms with Crippen LogP contribution in [0.1, 0.15) is 23.5 Å². The van der Waals surface area contributed by atoms with E-state index in [9.17, 15) is 4.79 Å². The van der Waals surface area contributed by atoms with Crippen molar-refractivity contribution in [3.05, 3.63) is 35.4 Å². The predicted octanol–water partition coefficient (Wildman–Crippen LogP) is 1.86. The summed E-state index contributed by atoms with van der Waals surface area (Å²) in [6.45, 7) is 3.75. The number of nitrogens with one attached hydrogen (secondary N) is 1. The van der Waals surface area contributed by atoms with Gasteiger partial charge < -0.3 is 10.1 Å². The predicted molar refractivity (Wildman–Crippen MR) is 66.9 cm³/mol. The van der Waals surface area contributed by atoms with Crippen molar-refractivity contribution in [3.63, 3.8) is 0 Å². The first-order valence-corrected chi connectivity index (χ1v) is 6.07.